The number of hydrogen-bond acceptors (Lipinski definition) is 7. The number of fused-ring (bicyclic) bond motifs is 5. The summed E-state index contributed by atoms with van der Waals surface area (Å²) in [4.78, 5) is 38.8. The Kier molecular flexibility index (Phi) is 11.1. The van der Waals surface area contributed by atoms with Crippen molar-refractivity contribution in [3.63, 3.8) is 0 Å². The molecule has 0 radical (unpaired) electrons. The second kappa shape index (κ2) is 14.7. The molecule has 3 saturated carbocycles. The number of Topliss-reactive ketones (excluding diaryl/α,β-unsaturated/α-hetero) is 1. The van der Waals surface area contributed by atoms with Gasteiger partial charge in [0.2, 0.25) is 0 Å². The van der Waals surface area contributed by atoms with E-state index in [-0.39, 0.29) is 46.4 Å². The van der Waals surface area contributed by atoms with Gasteiger partial charge in [0.1, 0.15) is 12.2 Å². The molecule has 4 aliphatic carbocycles. The maximum absolute atomic E-state index is 14.2. The van der Waals surface area contributed by atoms with Crippen LogP contribution < -0.4 is 0 Å². The Morgan fingerprint density at radius 3 is 2.33 bits per heavy atom. The van der Waals surface area contributed by atoms with Crippen LogP contribution in [0.2, 0.25) is 5.02 Å². The number of carboxylic acid groups (broad SMARTS) is 1. The Hall–Kier alpha value is -3.04. The number of aliphatic hydroxyl groups is 1. The Bertz CT molecular complexity index is 1850. The molecule has 2 N–H and O–H groups in total. The summed E-state index contributed by atoms with van der Waals surface area (Å²) < 4.78 is 7.83. The topological polar surface area (TPSA) is 132 Å². The van der Waals surface area contributed by atoms with E-state index < -0.39 is 28.9 Å². The second-order valence-corrected chi connectivity index (χ2v) is 19.9. The predicted molar refractivity (Wildman–Crippen MR) is 214 cm³/mol. The number of benzene rings is 1. The lowest BCUT2D eigenvalue weighted by molar-refractivity contribution is -0.191. The van der Waals surface area contributed by atoms with Crippen LogP contribution in [-0.4, -0.2) is 48.8 Å². The largest absolute Gasteiger partial charge is 0.481 e. The van der Waals surface area contributed by atoms with E-state index >= 15 is 0 Å². The van der Waals surface area contributed by atoms with E-state index in [9.17, 15) is 24.6 Å². The Labute approximate surface area is 333 Å². The molecule has 0 amide bonds. The van der Waals surface area contributed by atoms with Crippen molar-refractivity contribution in [2.75, 3.05) is 0 Å². The molecule has 0 spiro atoms. The van der Waals surface area contributed by atoms with Gasteiger partial charge in [-0.2, -0.15) is 0 Å². The summed E-state index contributed by atoms with van der Waals surface area (Å²) in [5.74, 6) is 0.957. The smallest absolute Gasteiger partial charge is 0.309 e. The van der Waals surface area contributed by atoms with Crippen LogP contribution in [0.4, 0.5) is 0 Å². The van der Waals surface area contributed by atoms with Gasteiger partial charge in [0, 0.05) is 29.5 Å². The van der Waals surface area contributed by atoms with E-state index in [4.69, 9.17) is 16.3 Å². The molecule has 6 rings (SSSR count). The number of carboxylic acids is 1. The summed E-state index contributed by atoms with van der Waals surface area (Å²) in [6.07, 6.45) is 7.05. The number of halogens is 1. The number of ether oxygens (including phenoxy) is 1. The lowest BCUT2D eigenvalue weighted by atomic mass is 9.35. The minimum Gasteiger partial charge on any atom is -0.481 e. The van der Waals surface area contributed by atoms with E-state index in [1.165, 1.54) is 5.57 Å². The van der Waals surface area contributed by atoms with Gasteiger partial charge in [-0.25, -0.2) is 0 Å². The van der Waals surface area contributed by atoms with Crippen molar-refractivity contribution in [2.45, 2.75) is 145 Å². The molecule has 10 heteroatoms. The first kappa shape index (κ1) is 41.6. The van der Waals surface area contributed by atoms with E-state index in [2.05, 4.69) is 51.7 Å². The average molecular weight is 778 g/mol. The Morgan fingerprint density at radius 2 is 1.71 bits per heavy atom. The second-order valence-electron chi connectivity index (χ2n) is 19.5. The van der Waals surface area contributed by atoms with Crippen molar-refractivity contribution >= 4 is 29.3 Å². The highest BCUT2D eigenvalue weighted by Crippen LogP contribution is 2.76. The number of carbonyl (C=O) groups is 3. The number of esters is 1. The molecule has 4 aliphatic rings. The van der Waals surface area contributed by atoms with Crippen LogP contribution in [0.5, 0.6) is 0 Å². The fourth-order valence-corrected chi connectivity index (χ4v) is 12.3. The molecule has 3 fully saturated rings. The third kappa shape index (κ3) is 6.71. The highest BCUT2D eigenvalue weighted by Gasteiger charge is 2.69. The lowest BCUT2D eigenvalue weighted by Crippen LogP contribution is -2.62. The Morgan fingerprint density at radius 1 is 1.04 bits per heavy atom. The molecule has 302 valence electrons. The Balaban J connectivity index is 1.31. The zero-order chi connectivity index (χ0) is 40.5. The van der Waals surface area contributed by atoms with Gasteiger partial charge in [0.25, 0.3) is 0 Å². The van der Waals surface area contributed by atoms with Gasteiger partial charge in [0.15, 0.2) is 17.4 Å². The number of nitrogens with zero attached hydrogens (tertiary/aromatic N) is 3. The van der Waals surface area contributed by atoms with Crippen molar-refractivity contribution in [3.05, 3.63) is 46.3 Å². The van der Waals surface area contributed by atoms with E-state index in [0.29, 0.717) is 47.8 Å². The van der Waals surface area contributed by atoms with E-state index in [1.807, 2.05) is 42.8 Å². The molecule has 1 aromatic heterocycles. The van der Waals surface area contributed by atoms with E-state index in [1.54, 1.807) is 13.8 Å². The van der Waals surface area contributed by atoms with Gasteiger partial charge >= 0.3 is 11.9 Å². The van der Waals surface area contributed by atoms with Crippen molar-refractivity contribution in [1.82, 2.24) is 14.8 Å². The number of hydrogen-bond donors (Lipinski definition) is 2. The van der Waals surface area contributed by atoms with Gasteiger partial charge in [-0.3, -0.25) is 14.4 Å². The van der Waals surface area contributed by atoms with Crippen LogP contribution >= 0.6 is 11.6 Å². The van der Waals surface area contributed by atoms with Crippen molar-refractivity contribution in [1.29, 1.82) is 0 Å². The molecule has 55 heavy (non-hydrogen) atoms. The molecule has 0 aliphatic heterocycles. The zero-order valence-corrected chi connectivity index (χ0v) is 35.6. The fourth-order valence-electron chi connectivity index (χ4n) is 12.1. The van der Waals surface area contributed by atoms with Crippen LogP contribution in [0.25, 0.3) is 11.4 Å². The first-order valence-electron chi connectivity index (χ1n) is 20.7. The molecular formula is C45H64ClN3O6. The van der Waals surface area contributed by atoms with Gasteiger partial charge in [-0.05, 0) is 147 Å². The number of carbonyl (C=O) groups excluding carboxylic acids is 2. The van der Waals surface area contributed by atoms with Gasteiger partial charge < -0.3 is 19.5 Å². The first-order valence-corrected chi connectivity index (χ1v) is 21.1. The highest BCUT2D eigenvalue weighted by atomic mass is 35.5. The molecule has 2 aromatic rings. The highest BCUT2D eigenvalue weighted by molar-refractivity contribution is 6.30. The number of allylic oxidation sites excluding steroid dienone is 1. The van der Waals surface area contributed by atoms with Gasteiger partial charge in [-0.1, -0.05) is 60.1 Å². The molecule has 0 bridgehead atoms. The SMILES string of the molecule is CC[C@H](CC[C@@]1(C)[C@H](C)CC[C@]2(C)[C@@H]1CC[C@@H]1C3=C(C(C)C)C(=O)C[C@]3([C@@H](O)c3nnc(-c4ccc(Cl)cc4)n3C)CC[C@]12C)OC(=O)CC(C)(C)C(=O)O. The van der Waals surface area contributed by atoms with Gasteiger partial charge in [0.05, 0.1) is 11.8 Å². The number of ketones is 1. The molecule has 9 nitrogen and oxygen atoms in total. The van der Waals surface area contributed by atoms with Crippen LogP contribution in [-0.2, 0) is 26.2 Å². The zero-order valence-electron chi connectivity index (χ0n) is 34.8. The molecule has 1 heterocycles. The number of rotatable bonds is 12. The quantitative estimate of drug-likeness (QED) is 0.204. The maximum Gasteiger partial charge on any atom is 0.309 e. The number of aliphatic carboxylic acids is 1. The standard InChI is InChI=1S/C45H64ClN3O6/c1-11-30(55-34(51)25-41(5,6)40(53)54)19-20-42(7)27(4)18-21-44(9)33(42)17-16-31-36-35(26(2)3)32(50)24-45(36,23-22-43(31,44)8)37(52)39-48-47-38(49(39)10)28-12-14-29(46)15-13-28/h12-15,26-27,30-31,33,37,52H,11,16-25H2,1-10H3,(H,53,54)/t27-,30-,31-,33-,37+,42+,43-,44-,45-/m1/s1. The maximum atomic E-state index is 14.2. The van der Waals surface area contributed by atoms with Crippen molar-refractivity contribution < 1.29 is 29.3 Å². The van der Waals surface area contributed by atoms with E-state index in [0.717, 1.165) is 56.1 Å². The third-order valence-corrected chi connectivity index (χ3v) is 16.2. The summed E-state index contributed by atoms with van der Waals surface area (Å²) in [7, 11) is 1.90. The first-order chi connectivity index (χ1) is 25.7. The van der Waals surface area contributed by atoms with Crippen LogP contribution in [0.3, 0.4) is 0 Å². The average Bonchev–Trinajstić information content (AvgIpc) is 3.65. The number of aliphatic hydroxyl groups excluding tert-OH is 1. The summed E-state index contributed by atoms with van der Waals surface area (Å²) in [6, 6.07) is 7.46. The minimum atomic E-state index is -1.17. The normalized spacial score (nSPS) is 33.2. The van der Waals surface area contributed by atoms with Crippen LogP contribution in [0.15, 0.2) is 35.4 Å². The lowest BCUT2D eigenvalue weighted by Gasteiger charge is -2.69. The van der Waals surface area contributed by atoms with Gasteiger partial charge in [-0.15, -0.1) is 10.2 Å². The van der Waals surface area contributed by atoms with Crippen LogP contribution in [0.1, 0.15) is 145 Å². The molecule has 0 unspecified atom stereocenters. The molecule has 1 aromatic carbocycles. The summed E-state index contributed by atoms with van der Waals surface area (Å²) in [5.41, 5.74) is 0.966. The van der Waals surface area contributed by atoms with Crippen LogP contribution in [0, 0.1) is 50.7 Å². The fraction of sp³-hybridized carbons (Fsp3) is 0.711. The summed E-state index contributed by atoms with van der Waals surface area (Å²) in [6.45, 7) is 19.3. The molecule has 9 atom stereocenters. The molecule has 0 saturated heterocycles. The summed E-state index contributed by atoms with van der Waals surface area (Å²) >= 11 is 6.18. The van der Waals surface area contributed by atoms with Crippen molar-refractivity contribution in [3.8, 4) is 11.4 Å². The monoisotopic (exact) mass is 777 g/mol. The number of aromatic nitrogens is 3. The molecular weight excluding hydrogens is 714 g/mol. The summed E-state index contributed by atoms with van der Waals surface area (Å²) in [5, 5.41) is 31.9. The third-order valence-electron chi connectivity index (χ3n) is 15.9. The minimum absolute atomic E-state index is 0.00659. The predicted octanol–water partition coefficient (Wildman–Crippen LogP) is 9.95. The van der Waals surface area contributed by atoms with Crippen molar-refractivity contribution in [2.24, 2.45) is 57.8 Å².